The van der Waals surface area contributed by atoms with Crippen LogP contribution in [0.1, 0.15) is 0 Å². The van der Waals surface area contributed by atoms with Gasteiger partial charge in [-0.25, -0.2) is 4.79 Å². The molecule has 0 saturated heterocycles. The van der Waals surface area contributed by atoms with Crippen LogP contribution in [0.2, 0.25) is 0 Å². The molecule has 0 fully saturated rings. The second kappa shape index (κ2) is 5.22. The van der Waals surface area contributed by atoms with Crippen molar-refractivity contribution in [3.8, 4) is 11.3 Å². The minimum atomic E-state index is -0.493. The van der Waals surface area contributed by atoms with Crippen LogP contribution in [0.15, 0.2) is 34.9 Å². The topological polar surface area (TPSA) is 56.1 Å². The Balaban J connectivity index is 2.32. The molecule has 1 aromatic carbocycles. The number of hydrogen-bond donors (Lipinski definition) is 1. The summed E-state index contributed by atoms with van der Waals surface area (Å²) in [5.74, 6) is 0. The molecule has 94 valence electrons. The molecular formula is C12H12BrN3O2. The first-order valence-electron chi connectivity index (χ1n) is 5.24. The lowest BCUT2D eigenvalue weighted by atomic mass is 10.1. The summed E-state index contributed by atoms with van der Waals surface area (Å²) in [4.78, 5) is 11.1. The number of aryl methyl sites for hydroxylation is 1. The maximum atomic E-state index is 11.1. The van der Waals surface area contributed by atoms with Crippen LogP contribution in [0.5, 0.6) is 0 Å². The average Bonchev–Trinajstić information content (AvgIpc) is 2.68. The molecule has 1 aromatic heterocycles. The monoisotopic (exact) mass is 309 g/mol. The molecule has 1 heterocycles. The van der Waals surface area contributed by atoms with Crippen molar-refractivity contribution < 1.29 is 9.53 Å². The van der Waals surface area contributed by atoms with E-state index in [2.05, 4.69) is 31.1 Å². The van der Waals surface area contributed by atoms with E-state index in [-0.39, 0.29) is 0 Å². The van der Waals surface area contributed by atoms with Gasteiger partial charge < -0.3 is 4.74 Å². The molecule has 0 saturated carbocycles. The zero-order valence-corrected chi connectivity index (χ0v) is 11.6. The number of carbonyl (C=O) groups excluding carboxylic acids is 1. The van der Waals surface area contributed by atoms with Crippen molar-refractivity contribution in [2.75, 3.05) is 12.4 Å². The van der Waals surface area contributed by atoms with Gasteiger partial charge in [-0.2, -0.15) is 5.10 Å². The number of anilines is 1. The summed E-state index contributed by atoms with van der Waals surface area (Å²) in [6, 6.07) is 7.40. The van der Waals surface area contributed by atoms with Crippen LogP contribution in [-0.2, 0) is 11.8 Å². The van der Waals surface area contributed by atoms with Gasteiger partial charge in [0.05, 0.1) is 11.6 Å². The van der Waals surface area contributed by atoms with Gasteiger partial charge in [0, 0.05) is 24.5 Å². The summed E-state index contributed by atoms with van der Waals surface area (Å²) in [6.07, 6.45) is 1.38. The molecule has 2 aromatic rings. The number of amides is 1. The van der Waals surface area contributed by atoms with E-state index in [1.165, 1.54) is 7.11 Å². The molecule has 1 N–H and O–H groups in total. The number of rotatable bonds is 2. The quantitative estimate of drug-likeness (QED) is 0.927. The minimum Gasteiger partial charge on any atom is -0.453 e. The highest BCUT2D eigenvalue weighted by Crippen LogP contribution is 2.28. The van der Waals surface area contributed by atoms with Gasteiger partial charge in [0.15, 0.2) is 0 Å². The van der Waals surface area contributed by atoms with Crippen molar-refractivity contribution in [2.24, 2.45) is 7.05 Å². The normalized spacial score (nSPS) is 10.2. The zero-order chi connectivity index (χ0) is 13.1. The van der Waals surface area contributed by atoms with Crippen molar-refractivity contribution in [1.29, 1.82) is 0 Å². The molecule has 18 heavy (non-hydrogen) atoms. The van der Waals surface area contributed by atoms with Gasteiger partial charge in [0.25, 0.3) is 0 Å². The predicted octanol–water partition coefficient (Wildman–Crippen LogP) is 3.03. The van der Waals surface area contributed by atoms with Crippen LogP contribution in [0.3, 0.4) is 0 Å². The van der Waals surface area contributed by atoms with Crippen molar-refractivity contribution in [2.45, 2.75) is 0 Å². The van der Waals surface area contributed by atoms with E-state index < -0.39 is 6.09 Å². The summed E-state index contributed by atoms with van der Waals surface area (Å²) in [5.41, 5.74) is 2.40. The van der Waals surface area contributed by atoms with Crippen LogP contribution in [0, 0.1) is 0 Å². The van der Waals surface area contributed by atoms with E-state index in [4.69, 9.17) is 0 Å². The van der Waals surface area contributed by atoms with E-state index >= 15 is 0 Å². The molecule has 5 nitrogen and oxygen atoms in total. The molecule has 0 radical (unpaired) electrons. The van der Waals surface area contributed by atoms with Crippen LogP contribution >= 0.6 is 15.9 Å². The Kier molecular flexibility index (Phi) is 3.66. The van der Waals surface area contributed by atoms with Crippen LogP contribution in [-0.4, -0.2) is 23.0 Å². The third-order valence-electron chi connectivity index (χ3n) is 2.35. The molecule has 1 amide bonds. The Hall–Kier alpha value is -1.82. The summed E-state index contributed by atoms with van der Waals surface area (Å²) in [5, 5.41) is 6.96. The number of methoxy groups -OCH3 is 1. The number of aromatic nitrogens is 2. The molecular weight excluding hydrogens is 298 g/mol. The number of benzene rings is 1. The highest BCUT2D eigenvalue weighted by atomic mass is 79.9. The van der Waals surface area contributed by atoms with Gasteiger partial charge in [-0.05, 0) is 28.1 Å². The van der Waals surface area contributed by atoms with E-state index in [0.717, 1.165) is 15.7 Å². The molecule has 0 aliphatic rings. The fourth-order valence-corrected chi connectivity index (χ4v) is 2.17. The summed E-state index contributed by atoms with van der Waals surface area (Å²) < 4.78 is 7.17. The van der Waals surface area contributed by atoms with Crippen LogP contribution < -0.4 is 5.32 Å². The Morgan fingerprint density at radius 3 is 2.89 bits per heavy atom. The maximum absolute atomic E-state index is 11.1. The second-order valence-electron chi connectivity index (χ2n) is 3.70. The molecule has 0 spiro atoms. The number of halogens is 1. The van der Waals surface area contributed by atoms with Crippen molar-refractivity contribution in [3.05, 3.63) is 34.9 Å². The average molecular weight is 310 g/mol. The van der Waals surface area contributed by atoms with Gasteiger partial charge in [-0.15, -0.1) is 0 Å². The Bertz CT molecular complexity index is 580. The zero-order valence-electron chi connectivity index (χ0n) is 9.98. The number of carbonyl (C=O) groups is 1. The van der Waals surface area contributed by atoms with E-state index in [1.54, 1.807) is 10.7 Å². The van der Waals surface area contributed by atoms with Gasteiger partial charge in [-0.1, -0.05) is 12.1 Å². The highest BCUT2D eigenvalue weighted by Gasteiger charge is 2.09. The molecule has 0 atom stereocenters. The lowest BCUT2D eigenvalue weighted by Gasteiger charge is -2.05. The fraction of sp³-hybridized carbons (Fsp3) is 0.167. The molecule has 6 heteroatoms. The number of hydrogen-bond acceptors (Lipinski definition) is 3. The van der Waals surface area contributed by atoms with Gasteiger partial charge >= 0.3 is 6.09 Å². The van der Waals surface area contributed by atoms with Crippen molar-refractivity contribution in [3.63, 3.8) is 0 Å². The maximum Gasteiger partial charge on any atom is 0.411 e. The van der Waals surface area contributed by atoms with E-state index in [0.29, 0.717) is 5.69 Å². The molecule has 0 aliphatic carbocycles. The smallest absolute Gasteiger partial charge is 0.411 e. The minimum absolute atomic E-state index is 0.493. The SMILES string of the molecule is COC(=O)Nc1cccc(-c2nn(C)cc2Br)c1. The highest BCUT2D eigenvalue weighted by molar-refractivity contribution is 9.10. The van der Waals surface area contributed by atoms with Crippen molar-refractivity contribution >= 4 is 27.7 Å². The lowest BCUT2D eigenvalue weighted by Crippen LogP contribution is -2.10. The Morgan fingerprint density at radius 2 is 2.28 bits per heavy atom. The third kappa shape index (κ3) is 2.70. The largest absolute Gasteiger partial charge is 0.453 e. The molecule has 0 bridgehead atoms. The number of nitrogens with zero attached hydrogens (tertiary/aromatic N) is 2. The van der Waals surface area contributed by atoms with Crippen LogP contribution in [0.4, 0.5) is 10.5 Å². The van der Waals surface area contributed by atoms with Crippen molar-refractivity contribution in [1.82, 2.24) is 9.78 Å². The first-order chi connectivity index (χ1) is 8.60. The van der Waals surface area contributed by atoms with Gasteiger partial charge in [0.1, 0.15) is 5.69 Å². The summed E-state index contributed by atoms with van der Waals surface area (Å²) in [6.45, 7) is 0. The van der Waals surface area contributed by atoms with E-state index in [1.807, 2.05) is 31.4 Å². The van der Waals surface area contributed by atoms with Crippen LogP contribution in [0.25, 0.3) is 11.3 Å². The second-order valence-corrected chi connectivity index (χ2v) is 4.55. The first-order valence-corrected chi connectivity index (χ1v) is 6.04. The standard InChI is InChI=1S/C12H12BrN3O2/c1-16-7-10(13)11(15-16)8-4-3-5-9(6-8)14-12(17)18-2/h3-7H,1-2H3,(H,14,17). The van der Waals surface area contributed by atoms with E-state index in [9.17, 15) is 4.79 Å². The predicted molar refractivity (Wildman–Crippen MR) is 72.4 cm³/mol. The molecule has 0 unspecified atom stereocenters. The number of ether oxygens (including phenoxy) is 1. The summed E-state index contributed by atoms with van der Waals surface area (Å²) in [7, 11) is 3.18. The Morgan fingerprint density at radius 1 is 1.50 bits per heavy atom. The number of nitrogens with one attached hydrogen (secondary N) is 1. The van der Waals surface area contributed by atoms with Gasteiger partial charge in [0.2, 0.25) is 0 Å². The summed E-state index contributed by atoms with van der Waals surface area (Å²) >= 11 is 3.45. The molecule has 2 rings (SSSR count). The van der Waals surface area contributed by atoms with Gasteiger partial charge in [-0.3, -0.25) is 10.00 Å². The fourth-order valence-electron chi connectivity index (χ4n) is 1.57. The Labute approximate surface area is 113 Å². The first kappa shape index (κ1) is 12.6. The lowest BCUT2D eigenvalue weighted by molar-refractivity contribution is 0.187. The third-order valence-corrected chi connectivity index (χ3v) is 2.93. The molecule has 0 aliphatic heterocycles.